The molecule has 0 radical (unpaired) electrons. The van der Waals surface area contributed by atoms with Crippen molar-refractivity contribution in [2.24, 2.45) is 0 Å². The number of benzene rings is 1. The third-order valence-corrected chi connectivity index (χ3v) is 5.01. The molecule has 1 unspecified atom stereocenters. The Labute approximate surface area is 150 Å². The molecule has 2 aromatic rings. The highest BCUT2D eigenvalue weighted by molar-refractivity contribution is 5.98. The van der Waals surface area contributed by atoms with Gasteiger partial charge in [-0.3, -0.25) is 14.9 Å². The van der Waals surface area contributed by atoms with E-state index in [1.165, 1.54) is 4.90 Å². The summed E-state index contributed by atoms with van der Waals surface area (Å²) in [5.41, 5.74) is 3.00. The number of amides is 4. The van der Waals surface area contributed by atoms with Gasteiger partial charge in [-0.1, -0.05) is 6.07 Å². The van der Waals surface area contributed by atoms with Crippen LogP contribution in [0.2, 0.25) is 0 Å². The number of H-pyrrole nitrogens is 1. The lowest BCUT2D eigenvalue weighted by Crippen LogP contribution is -2.52. The number of fused-ring (bicyclic) bond motifs is 1. The number of carbonyl (C=O) groups is 3. The number of nitrogens with zero attached hydrogens (tertiary/aromatic N) is 3. The highest BCUT2D eigenvalue weighted by Gasteiger charge is 2.34. The number of carbonyl (C=O) groups excluding carboxylic acids is 3. The quantitative estimate of drug-likeness (QED) is 0.871. The second-order valence-electron chi connectivity index (χ2n) is 6.91. The average Bonchev–Trinajstić information content (AvgIpc) is 3.23. The molecule has 2 fully saturated rings. The van der Waals surface area contributed by atoms with Crippen molar-refractivity contribution in [2.45, 2.75) is 32.2 Å². The van der Waals surface area contributed by atoms with E-state index in [-0.39, 0.29) is 37.4 Å². The zero-order valence-electron chi connectivity index (χ0n) is 14.6. The second kappa shape index (κ2) is 6.44. The standard InChI is InChI=1S/C18H21N5O3/c1-11-4-5-12-13(9-11)20-17(19-12)14-3-2-7-23(14)16(25)10-22-8-6-15(24)21-18(22)26/h4-5,9,14H,2-3,6-8,10H2,1H3,(H,19,20)(H,21,24,26). The zero-order valence-corrected chi connectivity index (χ0v) is 14.6. The molecule has 4 amide bonds. The first kappa shape index (κ1) is 16.6. The van der Waals surface area contributed by atoms with Gasteiger partial charge in [0.15, 0.2) is 0 Å². The van der Waals surface area contributed by atoms with Gasteiger partial charge in [-0.15, -0.1) is 0 Å². The Bertz CT molecular complexity index is 890. The minimum Gasteiger partial charge on any atom is -0.340 e. The maximum atomic E-state index is 12.8. The fourth-order valence-electron chi connectivity index (χ4n) is 3.65. The molecular weight excluding hydrogens is 334 g/mol. The summed E-state index contributed by atoms with van der Waals surface area (Å²) in [6.07, 6.45) is 1.97. The molecule has 0 bridgehead atoms. The summed E-state index contributed by atoms with van der Waals surface area (Å²) >= 11 is 0. The van der Waals surface area contributed by atoms with Crippen molar-refractivity contribution in [2.75, 3.05) is 19.6 Å². The van der Waals surface area contributed by atoms with Crippen LogP contribution in [0.5, 0.6) is 0 Å². The smallest absolute Gasteiger partial charge is 0.324 e. The van der Waals surface area contributed by atoms with Crippen LogP contribution < -0.4 is 5.32 Å². The fraction of sp³-hybridized carbons (Fsp3) is 0.444. The minimum absolute atomic E-state index is 0.0189. The van der Waals surface area contributed by atoms with E-state index in [1.807, 2.05) is 25.1 Å². The first-order valence-corrected chi connectivity index (χ1v) is 8.86. The third-order valence-electron chi connectivity index (χ3n) is 5.01. The van der Waals surface area contributed by atoms with Crippen molar-refractivity contribution in [3.05, 3.63) is 29.6 Å². The summed E-state index contributed by atoms with van der Waals surface area (Å²) in [5, 5.41) is 2.25. The molecule has 1 aromatic heterocycles. The molecule has 0 spiro atoms. The normalized spacial score (nSPS) is 20.7. The summed E-state index contributed by atoms with van der Waals surface area (Å²) in [7, 11) is 0. The molecule has 0 saturated carbocycles. The lowest BCUT2D eigenvalue weighted by molar-refractivity contribution is -0.134. The molecule has 1 aromatic carbocycles. The van der Waals surface area contributed by atoms with Crippen molar-refractivity contribution < 1.29 is 14.4 Å². The molecule has 2 aliphatic heterocycles. The van der Waals surface area contributed by atoms with Crippen LogP contribution in [0.1, 0.15) is 36.7 Å². The minimum atomic E-state index is -0.496. The van der Waals surface area contributed by atoms with Crippen LogP contribution in [0, 0.1) is 6.92 Å². The van der Waals surface area contributed by atoms with Crippen LogP contribution in [0.3, 0.4) is 0 Å². The topological polar surface area (TPSA) is 98.4 Å². The average molecular weight is 355 g/mol. The maximum Gasteiger partial charge on any atom is 0.324 e. The molecule has 2 N–H and O–H groups in total. The number of imidazole rings is 1. The van der Waals surface area contributed by atoms with E-state index < -0.39 is 6.03 Å². The fourth-order valence-corrected chi connectivity index (χ4v) is 3.65. The Balaban J connectivity index is 1.51. The highest BCUT2D eigenvalue weighted by atomic mass is 16.2. The summed E-state index contributed by atoms with van der Waals surface area (Å²) in [5.74, 6) is 0.374. The van der Waals surface area contributed by atoms with E-state index in [0.717, 1.165) is 35.3 Å². The van der Waals surface area contributed by atoms with Gasteiger partial charge in [0.2, 0.25) is 11.8 Å². The lowest BCUT2D eigenvalue weighted by Gasteiger charge is -2.29. The number of likely N-dealkylation sites (tertiary alicyclic amines) is 1. The molecule has 3 heterocycles. The number of aromatic amines is 1. The van der Waals surface area contributed by atoms with Crippen LogP contribution in [0.4, 0.5) is 4.79 Å². The van der Waals surface area contributed by atoms with E-state index in [9.17, 15) is 14.4 Å². The van der Waals surface area contributed by atoms with Crippen molar-refractivity contribution in [1.82, 2.24) is 25.1 Å². The van der Waals surface area contributed by atoms with Gasteiger partial charge in [0.1, 0.15) is 12.4 Å². The van der Waals surface area contributed by atoms with Crippen LogP contribution in [0.25, 0.3) is 11.0 Å². The van der Waals surface area contributed by atoms with Gasteiger partial charge in [-0.2, -0.15) is 0 Å². The van der Waals surface area contributed by atoms with Gasteiger partial charge >= 0.3 is 6.03 Å². The highest BCUT2D eigenvalue weighted by Crippen LogP contribution is 2.31. The van der Waals surface area contributed by atoms with Gasteiger partial charge < -0.3 is 14.8 Å². The number of hydrogen-bond donors (Lipinski definition) is 2. The van der Waals surface area contributed by atoms with E-state index in [0.29, 0.717) is 6.54 Å². The van der Waals surface area contributed by atoms with Crippen LogP contribution >= 0.6 is 0 Å². The van der Waals surface area contributed by atoms with E-state index in [1.54, 1.807) is 4.90 Å². The molecule has 0 aliphatic carbocycles. The molecule has 8 nitrogen and oxygen atoms in total. The largest absolute Gasteiger partial charge is 0.340 e. The van der Waals surface area contributed by atoms with E-state index >= 15 is 0 Å². The van der Waals surface area contributed by atoms with Crippen LogP contribution in [-0.2, 0) is 9.59 Å². The molecular formula is C18H21N5O3. The van der Waals surface area contributed by atoms with Crippen molar-refractivity contribution in [3.8, 4) is 0 Å². The number of nitrogens with one attached hydrogen (secondary N) is 2. The van der Waals surface area contributed by atoms with Crippen molar-refractivity contribution in [3.63, 3.8) is 0 Å². The molecule has 26 heavy (non-hydrogen) atoms. The van der Waals surface area contributed by atoms with Crippen molar-refractivity contribution >= 4 is 28.9 Å². The molecule has 4 rings (SSSR count). The number of aromatic nitrogens is 2. The zero-order chi connectivity index (χ0) is 18.3. The predicted octanol–water partition coefficient (Wildman–Crippen LogP) is 1.48. The number of imide groups is 1. The third kappa shape index (κ3) is 3.02. The SMILES string of the molecule is Cc1ccc2nc(C3CCCN3C(=O)CN3CCC(=O)NC3=O)[nH]c2c1. The Morgan fingerprint density at radius 3 is 2.96 bits per heavy atom. The first-order chi connectivity index (χ1) is 12.5. The maximum absolute atomic E-state index is 12.8. The predicted molar refractivity (Wildman–Crippen MR) is 94.2 cm³/mol. The Morgan fingerprint density at radius 2 is 2.15 bits per heavy atom. The molecule has 1 atom stereocenters. The van der Waals surface area contributed by atoms with E-state index in [4.69, 9.17) is 0 Å². The molecule has 8 heteroatoms. The lowest BCUT2D eigenvalue weighted by atomic mass is 10.2. The summed E-state index contributed by atoms with van der Waals surface area (Å²) in [4.78, 5) is 47.0. The molecule has 136 valence electrons. The van der Waals surface area contributed by atoms with Gasteiger partial charge in [-0.05, 0) is 37.5 Å². The van der Waals surface area contributed by atoms with Crippen LogP contribution in [-0.4, -0.2) is 57.2 Å². The summed E-state index contributed by atoms with van der Waals surface area (Å²) in [6, 6.07) is 5.43. The monoisotopic (exact) mass is 355 g/mol. The Kier molecular flexibility index (Phi) is 4.10. The van der Waals surface area contributed by atoms with E-state index in [2.05, 4.69) is 15.3 Å². The number of rotatable bonds is 3. The first-order valence-electron chi connectivity index (χ1n) is 8.86. The number of aryl methyl sites for hydroxylation is 1. The summed E-state index contributed by atoms with van der Waals surface area (Å²) in [6.45, 7) is 2.93. The number of hydrogen-bond acceptors (Lipinski definition) is 4. The molecule has 2 aliphatic rings. The Morgan fingerprint density at radius 1 is 1.31 bits per heavy atom. The number of urea groups is 1. The Hall–Kier alpha value is -2.90. The van der Waals surface area contributed by atoms with Gasteiger partial charge in [0, 0.05) is 19.5 Å². The summed E-state index contributed by atoms with van der Waals surface area (Å²) < 4.78 is 0. The van der Waals surface area contributed by atoms with Gasteiger partial charge in [0.05, 0.1) is 17.1 Å². The van der Waals surface area contributed by atoms with Gasteiger partial charge in [0.25, 0.3) is 0 Å². The van der Waals surface area contributed by atoms with Gasteiger partial charge in [-0.25, -0.2) is 9.78 Å². The van der Waals surface area contributed by atoms with Crippen LogP contribution in [0.15, 0.2) is 18.2 Å². The second-order valence-corrected chi connectivity index (χ2v) is 6.91. The van der Waals surface area contributed by atoms with Crippen molar-refractivity contribution in [1.29, 1.82) is 0 Å². The molecule has 2 saturated heterocycles.